The molecule has 0 aromatic heterocycles. The summed E-state index contributed by atoms with van der Waals surface area (Å²) in [6, 6.07) is 7.72. The molecular weight excluding hydrogens is 272 g/mol. The second-order valence-electron chi connectivity index (χ2n) is 4.04. The maximum Gasteiger partial charge on any atom is 0.258 e. The molecule has 0 spiro atoms. The van der Waals surface area contributed by atoms with Crippen molar-refractivity contribution in [3.63, 3.8) is 0 Å². The Morgan fingerprint density at radius 3 is 2.53 bits per heavy atom. The minimum Gasteiger partial charge on any atom is -0.322 e. The molecule has 5 heteroatoms. The number of halogens is 3. The molecule has 2 aromatic carbocycles. The van der Waals surface area contributed by atoms with Crippen LogP contribution in [0.4, 0.5) is 14.5 Å². The fourth-order valence-corrected chi connectivity index (χ4v) is 1.86. The first-order valence-electron chi connectivity index (χ1n) is 5.50. The van der Waals surface area contributed by atoms with Crippen LogP contribution in [0.2, 0.25) is 5.02 Å². The first-order chi connectivity index (χ1) is 8.97. The molecule has 2 aromatic rings. The molecule has 0 fully saturated rings. The van der Waals surface area contributed by atoms with Crippen molar-refractivity contribution in [3.8, 4) is 0 Å². The van der Waals surface area contributed by atoms with Gasteiger partial charge < -0.3 is 5.32 Å². The number of hydrogen-bond donors (Lipinski definition) is 1. The Labute approximate surface area is 114 Å². The van der Waals surface area contributed by atoms with Gasteiger partial charge in [0.05, 0.1) is 5.56 Å². The van der Waals surface area contributed by atoms with Gasteiger partial charge in [0, 0.05) is 16.8 Å². The van der Waals surface area contributed by atoms with E-state index >= 15 is 0 Å². The van der Waals surface area contributed by atoms with Gasteiger partial charge in [-0.3, -0.25) is 4.79 Å². The highest BCUT2D eigenvalue weighted by atomic mass is 35.5. The van der Waals surface area contributed by atoms with Gasteiger partial charge in [0.15, 0.2) is 0 Å². The third kappa shape index (κ3) is 3.09. The normalized spacial score (nSPS) is 10.3. The summed E-state index contributed by atoms with van der Waals surface area (Å²) in [6.07, 6.45) is 0. The lowest BCUT2D eigenvalue weighted by molar-refractivity contribution is 0.102. The van der Waals surface area contributed by atoms with E-state index < -0.39 is 17.5 Å². The van der Waals surface area contributed by atoms with Gasteiger partial charge in [0.25, 0.3) is 5.91 Å². The van der Waals surface area contributed by atoms with E-state index in [0.717, 1.165) is 17.7 Å². The number of benzene rings is 2. The van der Waals surface area contributed by atoms with Crippen molar-refractivity contribution in [3.05, 3.63) is 64.2 Å². The Kier molecular flexibility index (Phi) is 3.81. The first kappa shape index (κ1) is 13.5. The molecule has 0 aliphatic rings. The van der Waals surface area contributed by atoms with Crippen LogP contribution in [0.25, 0.3) is 0 Å². The number of hydrogen-bond acceptors (Lipinski definition) is 1. The molecule has 0 saturated carbocycles. The first-order valence-corrected chi connectivity index (χ1v) is 5.88. The summed E-state index contributed by atoms with van der Waals surface area (Å²) < 4.78 is 26.2. The number of rotatable bonds is 2. The average Bonchev–Trinajstić information content (AvgIpc) is 2.32. The Balaban J connectivity index is 2.25. The molecule has 19 heavy (non-hydrogen) atoms. The third-order valence-corrected chi connectivity index (χ3v) is 2.85. The highest BCUT2D eigenvalue weighted by Crippen LogP contribution is 2.20. The topological polar surface area (TPSA) is 29.1 Å². The van der Waals surface area contributed by atoms with Crippen molar-refractivity contribution in [2.24, 2.45) is 0 Å². The van der Waals surface area contributed by atoms with Crippen LogP contribution in [0.15, 0.2) is 36.4 Å². The second kappa shape index (κ2) is 5.36. The number of aryl methyl sites for hydroxylation is 1. The number of amides is 1. The van der Waals surface area contributed by atoms with Gasteiger partial charge >= 0.3 is 0 Å². The van der Waals surface area contributed by atoms with Gasteiger partial charge in [-0.05, 0) is 42.8 Å². The van der Waals surface area contributed by atoms with Crippen molar-refractivity contribution in [2.45, 2.75) is 6.92 Å². The molecule has 0 bridgehead atoms. The van der Waals surface area contributed by atoms with E-state index in [1.54, 1.807) is 25.1 Å². The average molecular weight is 282 g/mol. The highest BCUT2D eigenvalue weighted by Gasteiger charge is 2.13. The van der Waals surface area contributed by atoms with Gasteiger partial charge in [-0.1, -0.05) is 11.6 Å². The second-order valence-corrected chi connectivity index (χ2v) is 4.47. The van der Waals surface area contributed by atoms with Crippen LogP contribution < -0.4 is 5.32 Å². The van der Waals surface area contributed by atoms with E-state index in [9.17, 15) is 13.6 Å². The van der Waals surface area contributed by atoms with Crippen molar-refractivity contribution in [2.75, 3.05) is 5.32 Å². The van der Waals surface area contributed by atoms with Gasteiger partial charge in [0.2, 0.25) is 0 Å². The van der Waals surface area contributed by atoms with Crippen LogP contribution in [-0.2, 0) is 0 Å². The van der Waals surface area contributed by atoms with E-state index in [-0.39, 0.29) is 5.56 Å². The Morgan fingerprint density at radius 2 is 1.89 bits per heavy atom. The monoisotopic (exact) mass is 281 g/mol. The zero-order chi connectivity index (χ0) is 14.0. The van der Waals surface area contributed by atoms with Crippen LogP contribution in [-0.4, -0.2) is 5.91 Å². The van der Waals surface area contributed by atoms with Crippen LogP contribution in [0.3, 0.4) is 0 Å². The van der Waals surface area contributed by atoms with E-state index in [1.165, 1.54) is 0 Å². The minimum absolute atomic E-state index is 0.212. The third-order valence-electron chi connectivity index (χ3n) is 2.61. The van der Waals surface area contributed by atoms with Gasteiger partial charge in [-0.15, -0.1) is 0 Å². The minimum atomic E-state index is -0.899. The Hall–Kier alpha value is -1.94. The summed E-state index contributed by atoms with van der Waals surface area (Å²) in [7, 11) is 0. The lowest BCUT2D eigenvalue weighted by Crippen LogP contribution is -2.14. The highest BCUT2D eigenvalue weighted by molar-refractivity contribution is 6.30. The summed E-state index contributed by atoms with van der Waals surface area (Å²) in [5.41, 5.74) is 1.07. The van der Waals surface area contributed by atoms with E-state index in [0.29, 0.717) is 16.8 Å². The lowest BCUT2D eigenvalue weighted by atomic mass is 10.1. The number of nitrogens with one attached hydrogen (secondary N) is 1. The summed E-state index contributed by atoms with van der Waals surface area (Å²) in [4.78, 5) is 11.9. The Bertz CT molecular complexity index is 643. The van der Waals surface area contributed by atoms with E-state index in [4.69, 9.17) is 11.6 Å². The molecule has 1 amide bonds. The fraction of sp³-hybridized carbons (Fsp3) is 0.0714. The van der Waals surface area contributed by atoms with Gasteiger partial charge in [0.1, 0.15) is 11.6 Å². The Morgan fingerprint density at radius 1 is 1.16 bits per heavy atom. The van der Waals surface area contributed by atoms with Crippen LogP contribution >= 0.6 is 11.6 Å². The maximum absolute atomic E-state index is 13.4. The SMILES string of the molecule is Cc1cc(Cl)ccc1NC(=O)c1ccc(F)cc1F. The molecule has 0 atom stereocenters. The zero-order valence-corrected chi connectivity index (χ0v) is 10.8. The molecule has 0 heterocycles. The van der Waals surface area contributed by atoms with Gasteiger partial charge in [-0.25, -0.2) is 8.78 Å². The fourth-order valence-electron chi connectivity index (χ4n) is 1.63. The predicted octanol–water partition coefficient (Wildman–Crippen LogP) is 4.18. The molecule has 1 N–H and O–H groups in total. The summed E-state index contributed by atoms with van der Waals surface area (Å²) in [6.45, 7) is 1.77. The van der Waals surface area contributed by atoms with Crippen LogP contribution in [0.5, 0.6) is 0 Å². The summed E-state index contributed by atoms with van der Waals surface area (Å²) in [5, 5.41) is 3.10. The smallest absolute Gasteiger partial charge is 0.258 e. The number of anilines is 1. The number of carbonyl (C=O) groups is 1. The molecular formula is C14H10ClF2NO. The van der Waals surface area contributed by atoms with Crippen molar-refractivity contribution < 1.29 is 13.6 Å². The van der Waals surface area contributed by atoms with Crippen molar-refractivity contribution >= 4 is 23.2 Å². The molecule has 0 aliphatic carbocycles. The van der Waals surface area contributed by atoms with Crippen molar-refractivity contribution in [1.82, 2.24) is 0 Å². The molecule has 2 rings (SSSR count). The molecule has 98 valence electrons. The van der Waals surface area contributed by atoms with Crippen LogP contribution in [0, 0.1) is 18.6 Å². The predicted molar refractivity (Wildman–Crippen MR) is 70.5 cm³/mol. The molecule has 0 radical (unpaired) electrons. The van der Waals surface area contributed by atoms with E-state index in [1.807, 2.05) is 0 Å². The summed E-state index contributed by atoms with van der Waals surface area (Å²) >= 11 is 5.80. The van der Waals surface area contributed by atoms with Crippen molar-refractivity contribution in [1.29, 1.82) is 0 Å². The lowest BCUT2D eigenvalue weighted by Gasteiger charge is -2.09. The molecule has 2 nitrogen and oxygen atoms in total. The number of carbonyl (C=O) groups excluding carboxylic acids is 1. The zero-order valence-electron chi connectivity index (χ0n) is 10.0. The summed E-state index contributed by atoms with van der Waals surface area (Å²) in [5.74, 6) is -2.26. The maximum atomic E-state index is 13.4. The van der Waals surface area contributed by atoms with Crippen LogP contribution in [0.1, 0.15) is 15.9 Å². The molecule has 0 saturated heterocycles. The largest absolute Gasteiger partial charge is 0.322 e. The standard InChI is InChI=1S/C14H10ClF2NO/c1-8-6-9(15)2-5-13(8)18-14(19)11-4-3-10(16)7-12(11)17/h2-7H,1H3,(H,18,19). The van der Waals surface area contributed by atoms with E-state index in [2.05, 4.69) is 5.32 Å². The quantitative estimate of drug-likeness (QED) is 0.879. The molecule has 0 unspecified atom stereocenters. The molecule has 0 aliphatic heterocycles. The van der Waals surface area contributed by atoms with Gasteiger partial charge in [-0.2, -0.15) is 0 Å².